The first-order valence-corrected chi connectivity index (χ1v) is 9.21. The maximum absolute atomic E-state index is 12.5. The minimum Gasteiger partial charge on any atom is -0.369 e. The Bertz CT molecular complexity index is 623. The first-order valence-electron chi connectivity index (χ1n) is 8.83. The highest BCUT2D eigenvalue weighted by Gasteiger charge is 2.27. The average Bonchev–Trinajstić information content (AvgIpc) is 2.63. The quantitative estimate of drug-likeness (QED) is 0.871. The number of piperazine rings is 1. The summed E-state index contributed by atoms with van der Waals surface area (Å²) in [6, 6.07) is 7.81. The number of nitrogens with two attached hydrogens (primary N) is 1. The van der Waals surface area contributed by atoms with Gasteiger partial charge in [0.25, 0.3) is 0 Å². The highest BCUT2D eigenvalue weighted by molar-refractivity contribution is 6.33. The molecule has 7 heteroatoms. The third kappa shape index (κ3) is 4.44. The molecule has 6 nitrogen and oxygen atoms in total. The molecule has 0 atom stereocenters. The highest BCUT2D eigenvalue weighted by atomic mass is 35.5. The summed E-state index contributed by atoms with van der Waals surface area (Å²) < 4.78 is 0. The molecule has 0 spiro atoms. The van der Waals surface area contributed by atoms with Crippen LogP contribution in [-0.2, 0) is 9.59 Å². The van der Waals surface area contributed by atoms with Crippen LogP contribution in [0, 0.1) is 5.92 Å². The standard InChI is InChI=1S/C18H25ClN4O2/c19-15-3-1-2-4-16(15)22-9-11-23(12-10-22)17(24)13-21-7-5-14(6-8-21)18(20)25/h1-4,14H,5-13H2,(H2,20,25). The summed E-state index contributed by atoms with van der Waals surface area (Å²) in [6.45, 7) is 4.96. The lowest BCUT2D eigenvalue weighted by atomic mass is 9.96. The molecule has 3 rings (SSSR count). The molecule has 0 saturated carbocycles. The average molecular weight is 365 g/mol. The molecule has 2 saturated heterocycles. The maximum atomic E-state index is 12.5. The second-order valence-corrected chi connectivity index (χ2v) is 7.18. The SMILES string of the molecule is NC(=O)C1CCN(CC(=O)N2CCN(c3ccccc3Cl)CC2)CC1. The fourth-order valence-electron chi connectivity index (χ4n) is 3.57. The first kappa shape index (κ1) is 18.0. The molecule has 2 amide bonds. The molecule has 1 aromatic carbocycles. The summed E-state index contributed by atoms with van der Waals surface area (Å²) in [7, 11) is 0. The third-order valence-corrected chi connectivity index (χ3v) is 5.49. The van der Waals surface area contributed by atoms with Crippen LogP contribution in [0.2, 0.25) is 5.02 Å². The van der Waals surface area contributed by atoms with Crippen LogP contribution in [-0.4, -0.2) is 67.4 Å². The molecule has 2 heterocycles. The second-order valence-electron chi connectivity index (χ2n) is 6.77. The van der Waals surface area contributed by atoms with E-state index in [0.717, 1.165) is 49.7 Å². The Morgan fingerprint density at radius 1 is 1.04 bits per heavy atom. The van der Waals surface area contributed by atoms with E-state index in [9.17, 15) is 9.59 Å². The van der Waals surface area contributed by atoms with Crippen LogP contribution in [0.4, 0.5) is 5.69 Å². The van der Waals surface area contributed by atoms with E-state index in [2.05, 4.69) is 9.80 Å². The molecular formula is C18H25ClN4O2. The number of primary amides is 1. The molecule has 0 aromatic heterocycles. The molecule has 2 N–H and O–H groups in total. The van der Waals surface area contributed by atoms with Crippen molar-refractivity contribution in [2.45, 2.75) is 12.8 Å². The zero-order valence-corrected chi connectivity index (χ0v) is 15.1. The smallest absolute Gasteiger partial charge is 0.236 e. The van der Waals surface area contributed by atoms with Gasteiger partial charge in [0, 0.05) is 32.1 Å². The molecule has 136 valence electrons. The highest BCUT2D eigenvalue weighted by Crippen LogP contribution is 2.26. The summed E-state index contributed by atoms with van der Waals surface area (Å²) in [5.41, 5.74) is 6.39. The number of nitrogens with zero attached hydrogens (tertiary/aromatic N) is 3. The number of anilines is 1. The predicted octanol–water partition coefficient (Wildman–Crippen LogP) is 1.19. The van der Waals surface area contributed by atoms with E-state index in [1.807, 2.05) is 29.2 Å². The summed E-state index contributed by atoms with van der Waals surface area (Å²) in [6.07, 6.45) is 1.51. The Balaban J connectivity index is 1.46. The molecule has 0 aliphatic carbocycles. The lowest BCUT2D eigenvalue weighted by Crippen LogP contribution is -2.52. The molecule has 1 aromatic rings. The molecule has 0 radical (unpaired) electrons. The molecule has 2 aliphatic heterocycles. The number of likely N-dealkylation sites (tertiary alicyclic amines) is 1. The lowest BCUT2D eigenvalue weighted by molar-refractivity contribution is -0.133. The van der Waals surface area contributed by atoms with Crippen LogP contribution >= 0.6 is 11.6 Å². The number of carbonyl (C=O) groups excluding carboxylic acids is 2. The number of halogens is 1. The Labute approximate surface area is 153 Å². The van der Waals surface area contributed by atoms with Gasteiger partial charge in [0.1, 0.15) is 0 Å². The minimum absolute atomic E-state index is 0.0366. The van der Waals surface area contributed by atoms with Gasteiger partial charge < -0.3 is 15.5 Å². The Kier molecular flexibility index (Phi) is 5.81. The Morgan fingerprint density at radius 3 is 2.28 bits per heavy atom. The summed E-state index contributed by atoms with van der Waals surface area (Å²) in [5.74, 6) is -0.0940. The molecule has 0 unspecified atom stereocenters. The molecule has 0 bridgehead atoms. The number of rotatable bonds is 4. The van der Waals surface area contributed by atoms with Crippen molar-refractivity contribution in [1.82, 2.24) is 9.80 Å². The van der Waals surface area contributed by atoms with E-state index in [4.69, 9.17) is 17.3 Å². The Hall–Kier alpha value is -1.79. The van der Waals surface area contributed by atoms with Gasteiger partial charge in [-0.25, -0.2) is 0 Å². The maximum Gasteiger partial charge on any atom is 0.236 e. The van der Waals surface area contributed by atoms with Gasteiger partial charge in [-0.15, -0.1) is 0 Å². The summed E-state index contributed by atoms with van der Waals surface area (Å²) in [5, 5.41) is 0.750. The van der Waals surface area contributed by atoms with E-state index in [1.165, 1.54) is 0 Å². The monoisotopic (exact) mass is 364 g/mol. The van der Waals surface area contributed by atoms with Crippen molar-refractivity contribution >= 4 is 29.1 Å². The van der Waals surface area contributed by atoms with Crippen LogP contribution in [0.3, 0.4) is 0 Å². The second kappa shape index (κ2) is 8.06. The van der Waals surface area contributed by atoms with Crippen LogP contribution in [0.25, 0.3) is 0 Å². The van der Waals surface area contributed by atoms with Crippen LogP contribution < -0.4 is 10.6 Å². The number of para-hydroxylation sites is 1. The van der Waals surface area contributed by atoms with Crippen LogP contribution in [0.1, 0.15) is 12.8 Å². The summed E-state index contributed by atoms with van der Waals surface area (Å²) in [4.78, 5) is 30.0. The molecule has 25 heavy (non-hydrogen) atoms. The number of benzene rings is 1. The van der Waals surface area contributed by atoms with E-state index >= 15 is 0 Å². The van der Waals surface area contributed by atoms with Gasteiger partial charge in [-0.05, 0) is 38.1 Å². The molecule has 2 aliphatic rings. The van der Waals surface area contributed by atoms with Gasteiger partial charge in [-0.1, -0.05) is 23.7 Å². The van der Waals surface area contributed by atoms with E-state index in [-0.39, 0.29) is 17.7 Å². The van der Waals surface area contributed by atoms with Gasteiger partial charge in [0.05, 0.1) is 17.3 Å². The zero-order chi connectivity index (χ0) is 17.8. The largest absolute Gasteiger partial charge is 0.369 e. The van der Waals surface area contributed by atoms with Crippen molar-refractivity contribution in [2.24, 2.45) is 11.7 Å². The van der Waals surface area contributed by atoms with Crippen LogP contribution in [0.5, 0.6) is 0 Å². The van der Waals surface area contributed by atoms with Crippen molar-refractivity contribution in [1.29, 1.82) is 0 Å². The van der Waals surface area contributed by atoms with Crippen molar-refractivity contribution in [3.8, 4) is 0 Å². The van der Waals surface area contributed by atoms with Crippen molar-refractivity contribution < 1.29 is 9.59 Å². The van der Waals surface area contributed by atoms with Gasteiger partial charge in [0.2, 0.25) is 11.8 Å². The van der Waals surface area contributed by atoms with Gasteiger partial charge in [-0.3, -0.25) is 14.5 Å². The minimum atomic E-state index is -0.221. The fraction of sp³-hybridized carbons (Fsp3) is 0.556. The van der Waals surface area contributed by atoms with E-state index in [1.54, 1.807) is 0 Å². The number of hydrogen-bond donors (Lipinski definition) is 1. The van der Waals surface area contributed by atoms with Crippen molar-refractivity contribution in [2.75, 3.05) is 50.7 Å². The predicted molar refractivity (Wildman–Crippen MR) is 98.6 cm³/mol. The van der Waals surface area contributed by atoms with Gasteiger partial charge in [-0.2, -0.15) is 0 Å². The fourth-order valence-corrected chi connectivity index (χ4v) is 3.83. The number of amides is 2. The van der Waals surface area contributed by atoms with Gasteiger partial charge >= 0.3 is 0 Å². The third-order valence-electron chi connectivity index (χ3n) is 5.17. The summed E-state index contributed by atoms with van der Waals surface area (Å²) >= 11 is 6.26. The van der Waals surface area contributed by atoms with Crippen molar-refractivity contribution in [3.05, 3.63) is 29.3 Å². The lowest BCUT2D eigenvalue weighted by Gasteiger charge is -2.38. The zero-order valence-electron chi connectivity index (χ0n) is 14.4. The first-order chi connectivity index (χ1) is 12.0. The van der Waals surface area contributed by atoms with E-state index < -0.39 is 0 Å². The van der Waals surface area contributed by atoms with E-state index in [0.29, 0.717) is 19.6 Å². The van der Waals surface area contributed by atoms with Crippen LogP contribution in [0.15, 0.2) is 24.3 Å². The molecule has 2 fully saturated rings. The number of carbonyl (C=O) groups is 2. The Morgan fingerprint density at radius 2 is 1.68 bits per heavy atom. The molecular weight excluding hydrogens is 340 g/mol. The van der Waals surface area contributed by atoms with Gasteiger partial charge in [0.15, 0.2) is 0 Å². The topological polar surface area (TPSA) is 69.9 Å². The van der Waals surface area contributed by atoms with Crippen molar-refractivity contribution in [3.63, 3.8) is 0 Å². The number of piperidine rings is 1. The number of hydrogen-bond acceptors (Lipinski definition) is 4. The normalized spacial score (nSPS) is 19.9.